The molecule has 2 aliphatic rings. The summed E-state index contributed by atoms with van der Waals surface area (Å²) in [6.45, 7) is 6.28. The summed E-state index contributed by atoms with van der Waals surface area (Å²) in [5.74, 6) is 0. The Morgan fingerprint density at radius 1 is 1.16 bits per heavy atom. The number of aryl methyl sites for hydroxylation is 1. The van der Waals surface area contributed by atoms with Gasteiger partial charge in [0.1, 0.15) is 0 Å². The second-order valence-electron chi connectivity index (χ2n) is 5.59. The fourth-order valence-electron chi connectivity index (χ4n) is 3.34. The van der Waals surface area contributed by atoms with Gasteiger partial charge in [-0.3, -0.25) is 4.90 Å². The summed E-state index contributed by atoms with van der Waals surface area (Å²) in [5.41, 5.74) is 5.20. The summed E-state index contributed by atoms with van der Waals surface area (Å²) in [6, 6.07) is 13.1. The van der Waals surface area contributed by atoms with Crippen molar-refractivity contribution in [2.45, 2.75) is 32.7 Å². The minimum atomic E-state index is 0.0936. The molecule has 3 heteroatoms. The van der Waals surface area contributed by atoms with Crippen molar-refractivity contribution >= 4 is 0 Å². The Morgan fingerprint density at radius 2 is 2.00 bits per heavy atom. The van der Waals surface area contributed by atoms with Crippen molar-refractivity contribution in [3.8, 4) is 5.69 Å². The summed E-state index contributed by atoms with van der Waals surface area (Å²) in [4.78, 5) is 2.43. The van der Waals surface area contributed by atoms with Crippen molar-refractivity contribution in [3.63, 3.8) is 0 Å². The number of aromatic nitrogens is 1. The second kappa shape index (κ2) is 3.95. The van der Waals surface area contributed by atoms with Crippen molar-refractivity contribution in [1.29, 1.82) is 0 Å². The first-order chi connectivity index (χ1) is 9.24. The molecule has 0 amide bonds. The number of ether oxygens (including phenoxy) is 1. The zero-order chi connectivity index (χ0) is 13.0. The highest BCUT2D eigenvalue weighted by Gasteiger charge is 2.36. The first kappa shape index (κ1) is 11.3. The van der Waals surface area contributed by atoms with Crippen LogP contribution in [0.4, 0.5) is 0 Å². The molecule has 2 aliphatic heterocycles. The van der Waals surface area contributed by atoms with Gasteiger partial charge in [-0.15, -0.1) is 0 Å². The van der Waals surface area contributed by atoms with Crippen LogP contribution >= 0.6 is 0 Å². The predicted molar refractivity (Wildman–Crippen MR) is 74.2 cm³/mol. The van der Waals surface area contributed by atoms with E-state index in [0.717, 1.165) is 13.1 Å². The molecule has 0 saturated carbocycles. The molecule has 0 bridgehead atoms. The first-order valence-corrected chi connectivity index (χ1v) is 6.90. The molecular formula is C16H18N2O. The van der Waals surface area contributed by atoms with Gasteiger partial charge < -0.3 is 9.30 Å². The van der Waals surface area contributed by atoms with Crippen molar-refractivity contribution in [3.05, 3.63) is 53.3 Å². The molecule has 1 fully saturated rings. The van der Waals surface area contributed by atoms with Crippen molar-refractivity contribution in [2.75, 3.05) is 6.54 Å². The maximum atomic E-state index is 6.12. The van der Waals surface area contributed by atoms with E-state index in [4.69, 9.17) is 4.74 Å². The van der Waals surface area contributed by atoms with Gasteiger partial charge in [0.2, 0.25) is 0 Å². The van der Waals surface area contributed by atoms with Crippen LogP contribution in [0.25, 0.3) is 5.69 Å². The number of rotatable bonds is 0. The van der Waals surface area contributed by atoms with Crippen molar-refractivity contribution < 1.29 is 4.74 Å². The van der Waals surface area contributed by atoms with Crippen LogP contribution in [0.3, 0.4) is 0 Å². The van der Waals surface area contributed by atoms with Gasteiger partial charge in [0.15, 0.2) is 6.23 Å². The second-order valence-corrected chi connectivity index (χ2v) is 5.59. The Hall–Kier alpha value is -1.58. The highest BCUT2D eigenvalue weighted by atomic mass is 16.5. The molecule has 2 aromatic rings. The molecule has 3 heterocycles. The lowest BCUT2D eigenvalue weighted by Crippen LogP contribution is -2.23. The SMILES string of the molecule is Cc1ccc2n1-c1ccccc1CN1C[C@@H](C)O[C@@H]21. The normalized spacial score (nSPS) is 25.6. The molecule has 1 aromatic carbocycles. The first-order valence-electron chi connectivity index (χ1n) is 6.90. The van der Waals surface area contributed by atoms with Crippen LogP contribution in [-0.4, -0.2) is 22.1 Å². The number of fused-ring (bicyclic) bond motifs is 5. The van der Waals surface area contributed by atoms with E-state index in [1.807, 2.05) is 0 Å². The number of para-hydroxylation sites is 1. The minimum absolute atomic E-state index is 0.0936. The molecule has 0 radical (unpaired) electrons. The van der Waals surface area contributed by atoms with E-state index in [9.17, 15) is 0 Å². The quantitative estimate of drug-likeness (QED) is 0.719. The zero-order valence-electron chi connectivity index (χ0n) is 11.3. The van der Waals surface area contributed by atoms with Gasteiger partial charge in [-0.05, 0) is 37.6 Å². The van der Waals surface area contributed by atoms with Crippen LogP contribution in [-0.2, 0) is 11.3 Å². The number of benzene rings is 1. The lowest BCUT2D eigenvalue weighted by molar-refractivity contribution is -0.000742. The molecule has 1 aromatic heterocycles. The van der Waals surface area contributed by atoms with Crippen LogP contribution in [0.2, 0.25) is 0 Å². The Kier molecular flexibility index (Phi) is 2.34. The topological polar surface area (TPSA) is 17.4 Å². The van der Waals surface area contributed by atoms with E-state index in [1.54, 1.807) is 0 Å². The third-order valence-electron chi connectivity index (χ3n) is 4.15. The summed E-state index contributed by atoms with van der Waals surface area (Å²) in [5, 5.41) is 0. The lowest BCUT2D eigenvalue weighted by atomic mass is 10.1. The molecule has 0 spiro atoms. The summed E-state index contributed by atoms with van der Waals surface area (Å²) in [7, 11) is 0. The molecule has 0 unspecified atom stereocenters. The maximum absolute atomic E-state index is 6.12. The van der Waals surface area contributed by atoms with Crippen LogP contribution in [0.1, 0.15) is 30.1 Å². The third-order valence-corrected chi connectivity index (χ3v) is 4.15. The fraction of sp³-hybridized carbons (Fsp3) is 0.375. The van der Waals surface area contributed by atoms with E-state index in [1.165, 1.54) is 22.6 Å². The van der Waals surface area contributed by atoms with Crippen LogP contribution in [0.5, 0.6) is 0 Å². The third kappa shape index (κ3) is 1.58. The largest absolute Gasteiger partial charge is 0.353 e. The van der Waals surface area contributed by atoms with Gasteiger partial charge in [0.05, 0.1) is 17.5 Å². The Morgan fingerprint density at radius 3 is 2.89 bits per heavy atom. The van der Waals surface area contributed by atoms with Crippen molar-refractivity contribution in [1.82, 2.24) is 9.47 Å². The standard InChI is InChI=1S/C16H18N2O/c1-11-7-8-15-16-17(9-12(2)19-16)10-13-5-3-4-6-14(13)18(11)15/h3-8,12,16H,9-10H2,1-2H3/t12-,16+/m1/s1. The van der Waals surface area contributed by atoms with Gasteiger partial charge in [-0.2, -0.15) is 0 Å². The summed E-state index contributed by atoms with van der Waals surface area (Å²) in [6.07, 6.45) is 0.398. The van der Waals surface area contributed by atoms with E-state index < -0.39 is 0 Å². The monoisotopic (exact) mass is 254 g/mol. The average Bonchev–Trinajstić information content (AvgIpc) is 2.90. The van der Waals surface area contributed by atoms with Crippen molar-refractivity contribution in [2.24, 2.45) is 0 Å². The molecular weight excluding hydrogens is 236 g/mol. The fourth-order valence-corrected chi connectivity index (χ4v) is 3.34. The van der Waals surface area contributed by atoms with Gasteiger partial charge in [-0.1, -0.05) is 18.2 Å². The predicted octanol–water partition coefficient (Wildman–Crippen LogP) is 3.02. The maximum Gasteiger partial charge on any atom is 0.152 e. The highest BCUT2D eigenvalue weighted by Crippen LogP contribution is 2.38. The van der Waals surface area contributed by atoms with E-state index in [0.29, 0.717) is 6.10 Å². The summed E-state index contributed by atoms with van der Waals surface area (Å²) < 4.78 is 8.47. The molecule has 19 heavy (non-hydrogen) atoms. The lowest BCUT2D eigenvalue weighted by Gasteiger charge is -2.19. The smallest absolute Gasteiger partial charge is 0.152 e. The highest BCUT2D eigenvalue weighted by molar-refractivity contribution is 5.46. The van der Waals surface area contributed by atoms with Crippen LogP contribution in [0.15, 0.2) is 36.4 Å². The summed E-state index contributed by atoms with van der Waals surface area (Å²) >= 11 is 0. The van der Waals surface area contributed by atoms with E-state index >= 15 is 0 Å². The van der Waals surface area contributed by atoms with E-state index in [-0.39, 0.29) is 6.23 Å². The molecule has 4 rings (SSSR count). The van der Waals surface area contributed by atoms with Crippen LogP contribution in [0, 0.1) is 6.92 Å². The zero-order valence-corrected chi connectivity index (χ0v) is 11.3. The number of hydrogen-bond donors (Lipinski definition) is 0. The molecule has 0 aliphatic carbocycles. The molecule has 1 saturated heterocycles. The molecule has 98 valence electrons. The van der Waals surface area contributed by atoms with E-state index in [2.05, 4.69) is 59.7 Å². The van der Waals surface area contributed by atoms with Gasteiger partial charge >= 0.3 is 0 Å². The van der Waals surface area contributed by atoms with Gasteiger partial charge in [0.25, 0.3) is 0 Å². The van der Waals surface area contributed by atoms with Gasteiger partial charge in [0, 0.05) is 18.8 Å². The van der Waals surface area contributed by atoms with Gasteiger partial charge in [-0.25, -0.2) is 0 Å². The minimum Gasteiger partial charge on any atom is -0.353 e. The molecule has 0 N–H and O–H groups in total. The molecule has 2 atom stereocenters. The average molecular weight is 254 g/mol. The Labute approximate surface area is 113 Å². The van der Waals surface area contributed by atoms with Crippen LogP contribution < -0.4 is 0 Å². The Bertz CT molecular complexity index is 631. The number of hydrogen-bond acceptors (Lipinski definition) is 2. The Balaban J connectivity index is 1.96. The molecule has 3 nitrogen and oxygen atoms in total. The number of nitrogens with zero attached hydrogens (tertiary/aromatic N) is 2.